The van der Waals surface area contributed by atoms with Crippen LogP contribution in [0.3, 0.4) is 0 Å². The highest BCUT2D eigenvalue weighted by molar-refractivity contribution is 5.19. The molecule has 3 heteroatoms. The van der Waals surface area contributed by atoms with Gasteiger partial charge in [-0.15, -0.1) is 0 Å². The average molecular weight is 233 g/mol. The van der Waals surface area contributed by atoms with Crippen LogP contribution in [0.25, 0.3) is 0 Å². The van der Waals surface area contributed by atoms with Gasteiger partial charge < -0.3 is 5.32 Å². The van der Waals surface area contributed by atoms with Crippen molar-refractivity contribution >= 4 is 0 Å². The molecule has 0 saturated carbocycles. The van der Waals surface area contributed by atoms with Crippen molar-refractivity contribution in [1.29, 1.82) is 0 Å². The van der Waals surface area contributed by atoms with E-state index in [9.17, 15) is 0 Å². The van der Waals surface area contributed by atoms with Gasteiger partial charge in [-0.2, -0.15) is 0 Å². The fourth-order valence-corrected chi connectivity index (χ4v) is 2.75. The largest absolute Gasteiger partial charge is 0.317 e. The van der Waals surface area contributed by atoms with Gasteiger partial charge in [-0.3, -0.25) is 9.88 Å². The van der Waals surface area contributed by atoms with Crippen LogP contribution in [-0.4, -0.2) is 36.6 Å². The molecule has 0 aromatic carbocycles. The smallest absolute Gasteiger partial charge is 0.0401 e. The van der Waals surface area contributed by atoms with Gasteiger partial charge in [0.2, 0.25) is 0 Å². The van der Waals surface area contributed by atoms with E-state index < -0.39 is 0 Å². The molecular weight excluding hydrogens is 210 g/mol. The monoisotopic (exact) mass is 233 g/mol. The summed E-state index contributed by atoms with van der Waals surface area (Å²) in [7, 11) is 2.22. The van der Waals surface area contributed by atoms with Crippen LogP contribution in [-0.2, 0) is 0 Å². The van der Waals surface area contributed by atoms with Gasteiger partial charge in [0.05, 0.1) is 0 Å². The topological polar surface area (TPSA) is 28.2 Å². The maximum absolute atomic E-state index is 4.43. The molecule has 0 spiro atoms. The Morgan fingerprint density at radius 2 is 2.29 bits per heavy atom. The van der Waals surface area contributed by atoms with Crippen molar-refractivity contribution in [2.45, 2.75) is 26.3 Å². The second kappa shape index (κ2) is 5.61. The zero-order chi connectivity index (χ0) is 12.3. The van der Waals surface area contributed by atoms with Crippen LogP contribution in [0.4, 0.5) is 0 Å². The van der Waals surface area contributed by atoms with E-state index in [2.05, 4.69) is 41.3 Å². The van der Waals surface area contributed by atoms with Crippen LogP contribution in [0.1, 0.15) is 30.6 Å². The number of aromatic nitrogens is 1. The summed E-state index contributed by atoms with van der Waals surface area (Å²) >= 11 is 0. The Morgan fingerprint density at radius 3 is 2.94 bits per heavy atom. The second-order valence-electron chi connectivity index (χ2n) is 5.01. The lowest BCUT2D eigenvalue weighted by atomic mass is 9.94. The lowest BCUT2D eigenvalue weighted by Gasteiger charge is -2.25. The van der Waals surface area contributed by atoms with E-state index >= 15 is 0 Å². The van der Waals surface area contributed by atoms with Crippen LogP contribution in [0.2, 0.25) is 0 Å². The average Bonchev–Trinajstić information content (AvgIpc) is 2.69. The molecule has 1 fully saturated rings. The maximum Gasteiger partial charge on any atom is 0.0401 e. The van der Waals surface area contributed by atoms with Gasteiger partial charge in [0, 0.05) is 17.9 Å². The molecule has 94 valence electrons. The Balaban J connectivity index is 2.12. The summed E-state index contributed by atoms with van der Waals surface area (Å²) in [6.07, 6.45) is 3.32. The van der Waals surface area contributed by atoms with Crippen molar-refractivity contribution < 1.29 is 0 Å². The first-order valence-electron chi connectivity index (χ1n) is 6.56. The van der Waals surface area contributed by atoms with Gasteiger partial charge in [0.1, 0.15) is 0 Å². The van der Waals surface area contributed by atoms with Gasteiger partial charge in [-0.25, -0.2) is 0 Å². The molecule has 2 heterocycles. The van der Waals surface area contributed by atoms with Crippen molar-refractivity contribution in [3.63, 3.8) is 0 Å². The molecule has 2 rings (SSSR count). The Morgan fingerprint density at radius 1 is 1.47 bits per heavy atom. The summed E-state index contributed by atoms with van der Waals surface area (Å²) in [5.74, 6) is 0.712. The predicted molar refractivity (Wildman–Crippen MR) is 71.0 cm³/mol. The highest BCUT2D eigenvalue weighted by Gasteiger charge is 2.32. The van der Waals surface area contributed by atoms with E-state index in [0.29, 0.717) is 12.0 Å². The lowest BCUT2D eigenvalue weighted by Crippen LogP contribution is -2.28. The molecule has 1 N–H and O–H groups in total. The Labute approximate surface area is 104 Å². The summed E-state index contributed by atoms with van der Waals surface area (Å²) in [4.78, 5) is 6.88. The molecule has 0 bridgehead atoms. The first kappa shape index (κ1) is 12.5. The number of hydrogen-bond donors (Lipinski definition) is 1. The summed E-state index contributed by atoms with van der Waals surface area (Å²) in [5.41, 5.74) is 2.45. The van der Waals surface area contributed by atoms with Crippen molar-refractivity contribution in [2.75, 3.05) is 26.7 Å². The van der Waals surface area contributed by atoms with Crippen molar-refractivity contribution in [3.8, 4) is 0 Å². The van der Waals surface area contributed by atoms with Crippen molar-refractivity contribution in [2.24, 2.45) is 5.92 Å². The Hall–Kier alpha value is -0.930. The molecule has 2 atom stereocenters. The number of likely N-dealkylation sites (tertiary alicyclic amines) is 1. The molecule has 0 amide bonds. The van der Waals surface area contributed by atoms with Crippen LogP contribution < -0.4 is 5.32 Å². The summed E-state index contributed by atoms with van der Waals surface area (Å²) in [6, 6.07) is 4.88. The van der Waals surface area contributed by atoms with Crippen molar-refractivity contribution in [1.82, 2.24) is 15.2 Å². The molecular formula is C14H23N3. The molecule has 1 aliphatic heterocycles. The van der Waals surface area contributed by atoms with Gasteiger partial charge in [0.15, 0.2) is 0 Å². The number of nitrogens with one attached hydrogen (secondary N) is 1. The van der Waals surface area contributed by atoms with Gasteiger partial charge >= 0.3 is 0 Å². The van der Waals surface area contributed by atoms with Gasteiger partial charge in [-0.1, -0.05) is 13.0 Å². The first-order chi connectivity index (χ1) is 8.22. The normalized spacial score (nSPS) is 25.4. The Kier molecular flexibility index (Phi) is 4.13. The molecule has 1 aliphatic rings. The first-order valence-corrected chi connectivity index (χ1v) is 6.56. The van der Waals surface area contributed by atoms with Crippen LogP contribution in [0, 0.1) is 12.8 Å². The minimum Gasteiger partial charge on any atom is -0.317 e. The van der Waals surface area contributed by atoms with Crippen LogP contribution >= 0.6 is 0 Å². The molecule has 2 unspecified atom stereocenters. The molecule has 0 aliphatic carbocycles. The molecule has 3 nitrogen and oxygen atoms in total. The highest BCUT2D eigenvalue weighted by Crippen LogP contribution is 2.35. The number of hydrogen-bond acceptors (Lipinski definition) is 3. The minimum atomic E-state index is 0.530. The molecule has 17 heavy (non-hydrogen) atoms. The molecule has 1 saturated heterocycles. The fraction of sp³-hybridized carbons (Fsp3) is 0.643. The van der Waals surface area contributed by atoms with Gasteiger partial charge in [-0.05, 0) is 57.6 Å². The third-order valence-corrected chi connectivity index (χ3v) is 3.71. The van der Waals surface area contributed by atoms with Crippen LogP contribution in [0.5, 0.6) is 0 Å². The van der Waals surface area contributed by atoms with E-state index in [-0.39, 0.29) is 0 Å². The maximum atomic E-state index is 4.43. The third-order valence-electron chi connectivity index (χ3n) is 3.71. The zero-order valence-electron chi connectivity index (χ0n) is 11.1. The minimum absolute atomic E-state index is 0.530. The van der Waals surface area contributed by atoms with E-state index in [1.165, 1.54) is 18.5 Å². The highest BCUT2D eigenvalue weighted by atomic mass is 15.2. The second-order valence-corrected chi connectivity index (χ2v) is 5.01. The Bertz CT molecular complexity index is 347. The van der Waals surface area contributed by atoms with Gasteiger partial charge in [0.25, 0.3) is 0 Å². The number of rotatable bonds is 4. The SMILES string of the molecule is CCNCC1CCN(C)C1c1ccc(C)nc1. The van der Waals surface area contributed by atoms with E-state index in [1.807, 2.05) is 13.1 Å². The summed E-state index contributed by atoms with van der Waals surface area (Å²) in [6.45, 7) is 7.56. The molecule has 0 radical (unpaired) electrons. The third kappa shape index (κ3) is 2.85. The van der Waals surface area contributed by atoms with Crippen LogP contribution in [0.15, 0.2) is 18.3 Å². The molecule has 1 aromatic heterocycles. The molecule has 1 aromatic rings. The van der Waals surface area contributed by atoms with E-state index in [1.54, 1.807) is 0 Å². The standard InChI is InChI=1S/C14H23N3/c1-4-15-9-13-7-8-17(3)14(13)12-6-5-11(2)16-10-12/h5-6,10,13-15H,4,7-9H2,1-3H3. The lowest BCUT2D eigenvalue weighted by molar-refractivity contribution is 0.272. The van der Waals surface area contributed by atoms with E-state index in [0.717, 1.165) is 18.8 Å². The number of pyridine rings is 1. The number of nitrogens with zero attached hydrogens (tertiary/aromatic N) is 2. The van der Waals surface area contributed by atoms with E-state index in [4.69, 9.17) is 0 Å². The summed E-state index contributed by atoms with van der Waals surface area (Å²) < 4.78 is 0. The predicted octanol–water partition coefficient (Wildman–Crippen LogP) is 1.99. The number of aryl methyl sites for hydroxylation is 1. The fourth-order valence-electron chi connectivity index (χ4n) is 2.75. The summed E-state index contributed by atoms with van der Waals surface area (Å²) in [5, 5.41) is 3.47. The quantitative estimate of drug-likeness (QED) is 0.862. The van der Waals surface area contributed by atoms with Crippen molar-refractivity contribution in [3.05, 3.63) is 29.6 Å². The zero-order valence-corrected chi connectivity index (χ0v) is 11.1.